The van der Waals surface area contributed by atoms with E-state index in [9.17, 15) is 4.79 Å². The fourth-order valence-corrected chi connectivity index (χ4v) is 2.40. The summed E-state index contributed by atoms with van der Waals surface area (Å²) in [6, 6.07) is 0.923. The van der Waals surface area contributed by atoms with Crippen LogP contribution in [0.2, 0.25) is 0 Å². The Balaban J connectivity index is 2.38. The molecule has 1 aliphatic carbocycles. The van der Waals surface area contributed by atoms with Crippen LogP contribution in [0.3, 0.4) is 0 Å². The molecule has 0 saturated heterocycles. The number of carbonyl (C=O) groups is 1. The lowest BCUT2D eigenvalue weighted by molar-refractivity contribution is -0.122. The second kappa shape index (κ2) is 6.86. The van der Waals surface area contributed by atoms with Crippen LogP contribution in [-0.2, 0) is 4.79 Å². The van der Waals surface area contributed by atoms with Crippen molar-refractivity contribution in [3.05, 3.63) is 0 Å². The lowest BCUT2D eigenvalue weighted by Gasteiger charge is -2.34. The van der Waals surface area contributed by atoms with Crippen LogP contribution >= 0.6 is 0 Å². The van der Waals surface area contributed by atoms with Gasteiger partial charge in [-0.15, -0.1) is 0 Å². The van der Waals surface area contributed by atoms with E-state index in [1.165, 1.54) is 0 Å². The van der Waals surface area contributed by atoms with Crippen molar-refractivity contribution in [3.8, 4) is 0 Å². The molecule has 16 heavy (non-hydrogen) atoms. The molecule has 0 spiro atoms. The zero-order valence-corrected chi connectivity index (χ0v) is 10.5. The first kappa shape index (κ1) is 13.5. The highest BCUT2D eigenvalue weighted by atomic mass is 16.2. The molecule has 4 heteroatoms. The van der Waals surface area contributed by atoms with Gasteiger partial charge in [0.25, 0.3) is 0 Å². The van der Waals surface area contributed by atoms with Gasteiger partial charge in [0.15, 0.2) is 0 Å². The third-order valence-electron chi connectivity index (χ3n) is 3.38. The van der Waals surface area contributed by atoms with Crippen molar-refractivity contribution in [2.45, 2.75) is 51.6 Å². The Kier molecular flexibility index (Phi) is 5.77. The van der Waals surface area contributed by atoms with Crippen LogP contribution in [0.1, 0.15) is 39.5 Å². The first-order valence-electron chi connectivity index (χ1n) is 6.43. The van der Waals surface area contributed by atoms with Gasteiger partial charge in [-0.2, -0.15) is 0 Å². The van der Waals surface area contributed by atoms with Crippen LogP contribution in [0.4, 0.5) is 0 Å². The van der Waals surface area contributed by atoms with Crippen molar-refractivity contribution < 1.29 is 4.79 Å². The van der Waals surface area contributed by atoms with E-state index in [-0.39, 0.29) is 5.91 Å². The van der Waals surface area contributed by atoms with Gasteiger partial charge in [0, 0.05) is 18.6 Å². The Hall–Kier alpha value is -0.610. The molecule has 1 rings (SSSR count). The number of nitrogens with zero attached hydrogens (tertiary/aromatic N) is 1. The number of hydrogen-bond donors (Lipinski definition) is 2. The molecule has 1 saturated carbocycles. The molecule has 0 aromatic heterocycles. The molecular formula is C12H25N3O. The van der Waals surface area contributed by atoms with E-state index in [4.69, 9.17) is 5.73 Å². The normalized spacial score (nSPS) is 25.8. The highest BCUT2D eigenvalue weighted by molar-refractivity contribution is 5.77. The first-order valence-corrected chi connectivity index (χ1v) is 6.43. The summed E-state index contributed by atoms with van der Waals surface area (Å²) in [6.07, 6.45) is 4.45. The summed E-state index contributed by atoms with van der Waals surface area (Å²) in [5.41, 5.74) is 5.89. The van der Waals surface area contributed by atoms with E-state index in [1.807, 2.05) is 6.92 Å². The van der Waals surface area contributed by atoms with Crippen LogP contribution in [0.25, 0.3) is 0 Å². The molecule has 0 aromatic rings. The minimum absolute atomic E-state index is 0.138. The molecule has 0 aromatic carbocycles. The maximum atomic E-state index is 11.5. The Bertz CT molecular complexity index is 212. The highest BCUT2D eigenvalue weighted by Gasteiger charge is 2.24. The van der Waals surface area contributed by atoms with Crippen LogP contribution in [0.15, 0.2) is 0 Å². The van der Waals surface area contributed by atoms with E-state index < -0.39 is 0 Å². The minimum atomic E-state index is 0.138. The van der Waals surface area contributed by atoms with Gasteiger partial charge in [0.05, 0.1) is 6.54 Å². The minimum Gasteiger partial charge on any atom is -0.355 e. The summed E-state index contributed by atoms with van der Waals surface area (Å²) in [6.45, 7) is 6.26. The van der Waals surface area contributed by atoms with Crippen LogP contribution < -0.4 is 11.1 Å². The molecule has 0 radical (unpaired) electrons. The first-order chi connectivity index (χ1) is 7.67. The summed E-state index contributed by atoms with van der Waals surface area (Å²) in [4.78, 5) is 13.8. The molecule has 3 N–H and O–H groups in total. The van der Waals surface area contributed by atoms with Gasteiger partial charge >= 0.3 is 0 Å². The largest absolute Gasteiger partial charge is 0.355 e. The van der Waals surface area contributed by atoms with Gasteiger partial charge in [-0.25, -0.2) is 0 Å². The van der Waals surface area contributed by atoms with Gasteiger partial charge in [-0.05, 0) is 39.2 Å². The Morgan fingerprint density at radius 2 is 1.94 bits per heavy atom. The van der Waals surface area contributed by atoms with Crippen molar-refractivity contribution in [1.82, 2.24) is 10.2 Å². The highest BCUT2D eigenvalue weighted by Crippen LogP contribution is 2.21. The third-order valence-corrected chi connectivity index (χ3v) is 3.38. The van der Waals surface area contributed by atoms with Crippen molar-refractivity contribution in [2.75, 3.05) is 19.6 Å². The fraction of sp³-hybridized carbons (Fsp3) is 0.917. The van der Waals surface area contributed by atoms with Crippen LogP contribution in [-0.4, -0.2) is 42.5 Å². The molecule has 0 bridgehead atoms. The fourth-order valence-electron chi connectivity index (χ4n) is 2.40. The molecule has 0 unspecified atom stereocenters. The van der Waals surface area contributed by atoms with Crippen LogP contribution in [0, 0.1) is 0 Å². The summed E-state index contributed by atoms with van der Waals surface area (Å²) < 4.78 is 0. The number of likely N-dealkylation sites (N-methyl/N-ethyl adjacent to an activating group) is 2. The third kappa shape index (κ3) is 4.10. The quantitative estimate of drug-likeness (QED) is 0.727. The van der Waals surface area contributed by atoms with E-state index in [2.05, 4.69) is 17.1 Å². The average Bonchev–Trinajstić information content (AvgIpc) is 2.27. The Morgan fingerprint density at radius 1 is 1.31 bits per heavy atom. The average molecular weight is 227 g/mol. The number of amides is 1. The topological polar surface area (TPSA) is 58.4 Å². The van der Waals surface area contributed by atoms with Crippen molar-refractivity contribution in [1.29, 1.82) is 0 Å². The number of nitrogens with two attached hydrogens (primary N) is 1. The molecule has 0 atom stereocenters. The van der Waals surface area contributed by atoms with Gasteiger partial charge in [-0.3, -0.25) is 9.69 Å². The van der Waals surface area contributed by atoms with E-state index in [1.54, 1.807) is 0 Å². The van der Waals surface area contributed by atoms with Crippen molar-refractivity contribution in [2.24, 2.45) is 5.73 Å². The summed E-state index contributed by atoms with van der Waals surface area (Å²) >= 11 is 0. The number of carbonyl (C=O) groups excluding carboxylic acids is 1. The second-order valence-corrected chi connectivity index (χ2v) is 4.59. The van der Waals surface area contributed by atoms with Crippen LogP contribution in [0.5, 0.6) is 0 Å². The number of nitrogens with one attached hydrogen (secondary N) is 1. The summed E-state index contributed by atoms with van der Waals surface area (Å²) in [7, 11) is 0. The Morgan fingerprint density at radius 3 is 2.44 bits per heavy atom. The molecule has 0 aliphatic heterocycles. The predicted molar refractivity (Wildman–Crippen MR) is 66.2 cm³/mol. The molecular weight excluding hydrogens is 202 g/mol. The number of hydrogen-bond acceptors (Lipinski definition) is 3. The SMILES string of the molecule is CCNC(=O)CN(CC)C1CCC(N)CC1. The molecule has 1 fully saturated rings. The molecule has 94 valence electrons. The van der Waals surface area contributed by atoms with Gasteiger partial charge in [-0.1, -0.05) is 6.92 Å². The lowest BCUT2D eigenvalue weighted by atomic mass is 9.91. The zero-order valence-electron chi connectivity index (χ0n) is 10.5. The van der Waals surface area contributed by atoms with E-state index in [0.29, 0.717) is 25.2 Å². The summed E-state index contributed by atoms with van der Waals surface area (Å²) in [5.74, 6) is 0.138. The van der Waals surface area contributed by atoms with Gasteiger partial charge in [0.1, 0.15) is 0 Å². The smallest absolute Gasteiger partial charge is 0.234 e. The van der Waals surface area contributed by atoms with Gasteiger partial charge in [0.2, 0.25) is 5.91 Å². The second-order valence-electron chi connectivity index (χ2n) is 4.59. The summed E-state index contributed by atoms with van der Waals surface area (Å²) in [5, 5.41) is 2.85. The molecule has 1 aliphatic rings. The van der Waals surface area contributed by atoms with Crippen molar-refractivity contribution >= 4 is 5.91 Å². The van der Waals surface area contributed by atoms with E-state index in [0.717, 1.165) is 32.2 Å². The number of rotatable bonds is 5. The maximum absolute atomic E-state index is 11.5. The molecule has 0 heterocycles. The van der Waals surface area contributed by atoms with E-state index >= 15 is 0 Å². The maximum Gasteiger partial charge on any atom is 0.234 e. The monoisotopic (exact) mass is 227 g/mol. The standard InChI is InChI=1S/C12H25N3O/c1-3-14-12(16)9-15(4-2)11-7-5-10(13)6-8-11/h10-11H,3-9,13H2,1-2H3,(H,14,16). The zero-order chi connectivity index (χ0) is 12.0. The lowest BCUT2D eigenvalue weighted by Crippen LogP contribution is -2.45. The van der Waals surface area contributed by atoms with Crippen molar-refractivity contribution in [3.63, 3.8) is 0 Å². The molecule has 1 amide bonds. The predicted octanol–water partition coefficient (Wildman–Crippen LogP) is 0.714. The van der Waals surface area contributed by atoms with Gasteiger partial charge < -0.3 is 11.1 Å². The Labute approximate surface area is 98.6 Å². The molecule has 4 nitrogen and oxygen atoms in total.